The molecule has 0 radical (unpaired) electrons. The van der Waals surface area contributed by atoms with E-state index in [9.17, 15) is 14.4 Å². The Balaban J connectivity index is 2.67. The Morgan fingerprint density at radius 2 is 2.06 bits per heavy atom. The fourth-order valence-corrected chi connectivity index (χ4v) is 1.42. The van der Waals surface area contributed by atoms with Gasteiger partial charge in [-0.1, -0.05) is 0 Å². The molecule has 7 nitrogen and oxygen atoms in total. The van der Waals surface area contributed by atoms with Crippen LogP contribution in [0.3, 0.4) is 0 Å². The predicted molar refractivity (Wildman–Crippen MR) is 59.5 cm³/mol. The zero-order valence-corrected chi connectivity index (χ0v) is 9.81. The zero-order valence-electron chi connectivity index (χ0n) is 9.05. The summed E-state index contributed by atoms with van der Waals surface area (Å²) in [5, 5.41) is 19.3. The number of carboxylic acid groups (broad SMARTS) is 2. The average Bonchev–Trinajstić information content (AvgIpc) is 2.69. The fraction of sp³-hybridized carbons (Fsp3) is 0.300. The van der Waals surface area contributed by atoms with Crippen LogP contribution in [0.4, 0.5) is 0 Å². The highest BCUT2D eigenvalue weighted by Crippen LogP contribution is 2.16. The lowest BCUT2D eigenvalue weighted by atomic mass is 10.1. The molecule has 1 aromatic heterocycles. The van der Waals surface area contributed by atoms with Gasteiger partial charge in [0.05, 0.1) is 11.8 Å². The summed E-state index contributed by atoms with van der Waals surface area (Å²) in [6.45, 7) is 0. The van der Waals surface area contributed by atoms with Gasteiger partial charge in [0.15, 0.2) is 0 Å². The number of hydrogen-bond acceptors (Lipinski definition) is 4. The number of hydrogen-bond donors (Lipinski definition) is 3. The van der Waals surface area contributed by atoms with Crippen molar-refractivity contribution in [2.75, 3.05) is 0 Å². The Bertz CT molecular complexity index is 469. The van der Waals surface area contributed by atoms with Crippen LogP contribution in [-0.4, -0.2) is 34.1 Å². The molecular weight excluding hydrogens is 266 g/mol. The Morgan fingerprint density at radius 3 is 2.50 bits per heavy atom. The van der Waals surface area contributed by atoms with E-state index in [1.165, 1.54) is 12.3 Å². The first kappa shape index (κ1) is 14.0. The van der Waals surface area contributed by atoms with Crippen molar-refractivity contribution in [3.05, 3.63) is 23.1 Å². The van der Waals surface area contributed by atoms with Crippen molar-refractivity contribution in [1.29, 1.82) is 0 Å². The molecule has 1 rings (SSSR count). The fourth-order valence-electron chi connectivity index (χ4n) is 1.22. The van der Waals surface area contributed by atoms with Crippen molar-refractivity contribution >= 4 is 29.4 Å². The third-order valence-electron chi connectivity index (χ3n) is 2.11. The summed E-state index contributed by atoms with van der Waals surface area (Å²) in [5.41, 5.74) is -0.00163. The van der Waals surface area contributed by atoms with E-state index in [1.54, 1.807) is 0 Å². The van der Waals surface area contributed by atoms with Crippen LogP contribution in [-0.2, 0) is 9.59 Å². The molecular formula is C10H10ClNO6. The molecule has 98 valence electrons. The molecule has 1 amide bonds. The maximum atomic E-state index is 11.6. The van der Waals surface area contributed by atoms with E-state index in [2.05, 4.69) is 9.73 Å². The lowest BCUT2D eigenvalue weighted by molar-refractivity contribution is -0.140. The van der Waals surface area contributed by atoms with E-state index in [1.807, 2.05) is 0 Å². The van der Waals surface area contributed by atoms with E-state index in [4.69, 9.17) is 21.8 Å². The average molecular weight is 276 g/mol. The molecule has 0 saturated carbocycles. The van der Waals surface area contributed by atoms with Crippen molar-refractivity contribution in [2.45, 2.75) is 18.9 Å². The van der Waals surface area contributed by atoms with Crippen LogP contribution in [0.25, 0.3) is 0 Å². The first-order valence-corrected chi connectivity index (χ1v) is 5.28. The molecule has 18 heavy (non-hydrogen) atoms. The van der Waals surface area contributed by atoms with E-state index in [-0.39, 0.29) is 23.6 Å². The van der Waals surface area contributed by atoms with Gasteiger partial charge in [0.2, 0.25) is 5.22 Å². The molecule has 1 atom stereocenters. The maximum absolute atomic E-state index is 11.6. The Hall–Kier alpha value is -2.02. The molecule has 0 saturated heterocycles. The molecule has 0 aliphatic rings. The minimum Gasteiger partial charge on any atom is -0.481 e. The highest BCUT2D eigenvalue weighted by atomic mass is 35.5. The first-order valence-electron chi connectivity index (χ1n) is 4.90. The number of amides is 1. The lowest BCUT2D eigenvalue weighted by Crippen LogP contribution is -2.41. The Labute approximate surface area is 106 Å². The highest BCUT2D eigenvalue weighted by Gasteiger charge is 2.23. The van der Waals surface area contributed by atoms with Crippen LogP contribution in [0, 0.1) is 0 Å². The van der Waals surface area contributed by atoms with E-state index >= 15 is 0 Å². The minimum atomic E-state index is -1.32. The van der Waals surface area contributed by atoms with Crippen LogP contribution < -0.4 is 5.32 Å². The minimum absolute atomic E-state index is 0.00163. The van der Waals surface area contributed by atoms with Gasteiger partial charge in [-0.05, 0) is 24.1 Å². The molecule has 0 bridgehead atoms. The Morgan fingerprint density at radius 1 is 1.39 bits per heavy atom. The molecule has 1 unspecified atom stereocenters. The van der Waals surface area contributed by atoms with E-state index in [0.717, 1.165) is 0 Å². The van der Waals surface area contributed by atoms with E-state index < -0.39 is 23.9 Å². The summed E-state index contributed by atoms with van der Waals surface area (Å²) in [7, 11) is 0. The second-order valence-electron chi connectivity index (χ2n) is 3.40. The van der Waals surface area contributed by atoms with Crippen LogP contribution in [0.5, 0.6) is 0 Å². The molecule has 0 aliphatic heterocycles. The molecule has 0 aromatic carbocycles. The Kier molecular flexibility index (Phi) is 4.73. The van der Waals surface area contributed by atoms with Crippen molar-refractivity contribution < 1.29 is 29.0 Å². The largest absolute Gasteiger partial charge is 0.481 e. The zero-order chi connectivity index (χ0) is 13.7. The van der Waals surface area contributed by atoms with E-state index in [0.29, 0.717) is 0 Å². The third kappa shape index (κ3) is 3.77. The first-order chi connectivity index (χ1) is 8.41. The van der Waals surface area contributed by atoms with Crippen molar-refractivity contribution in [3.63, 3.8) is 0 Å². The summed E-state index contributed by atoms with van der Waals surface area (Å²) in [5.74, 6) is -3.19. The molecule has 3 N–H and O–H groups in total. The summed E-state index contributed by atoms with van der Waals surface area (Å²) < 4.78 is 4.69. The number of aliphatic carboxylic acids is 2. The van der Waals surface area contributed by atoms with Gasteiger partial charge in [-0.25, -0.2) is 4.79 Å². The monoisotopic (exact) mass is 275 g/mol. The number of rotatable bonds is 6. The van der Waals surface area contributed by atoms with Gasteiger partial charge in [-0.15, -0.1) is 0 Å². The second kappa shape index (κ2) is 6.06. The van der Waals surface area contributed by atoms with Gasteiger partial charge in [-0.3, -0.25) is 9.59 Å². The number of halogens is 1. The number of carbonyl (C=O) groups excluding carboxylic acids is 1. The van der Waals surface area contributed by atoms with Crippen LogP contribution in [0.2, 0.25) is 5.22 Å². The smallest absolute Gasteiger partial charge is 0.326 e. The topological polar surface area (TPSA) is 117 Å². The number of carbonyl (C=O) groups is 3. The number of furan rings is 1. The van der Waals surface area contributed by atoms with Crippen molar-refractivity contribution in [2.24, 2.45) is 0 Å². The van der Waals surface area contributed by atoms with Crippen molar-refractivity contribution in [3.8, 4) is 0 Å². The highest BCUT2D eigenvalue weighted by molar-refractivity contribution is 6.32. The SMILES string of the molecule is O=C(O)CCC(NC(=O)c1ccoc1Cl)C(=O)O. The lowest BCUT2D eigenvalue weighted by Gasteiger charge is -2.12. The molecule has 1 heterocycles. The van der Waals surface area contributed by atoms with Crippen molar-refractivity contribution in [1.82, 2.24) is 5.32 Å². The van der Waals surface area contributed by atoms with Gasteiger partial charge in [-0.2, -0.15) is 0 Å². The van der Waals surface area contributed by atoms with Gasteiger partial charge < -0.3 is 19.9 Å². The quantitative estimate of drug-likeness (QED) is 0.712. The van der Waals surface area contributed by atoms with Crippen LogP contribution >= 0.6 is 11.6 Å². The number of nitrogens with one attached hydrogen (secondary N) is 1. The van der Waals surface area contributed by atoms with Gasteiger partial charge in [0.25, 0.3) is 5.91 Å². The molecule has 8 heteroatoms. The van der Waals surface area contributed by atoms with Gasteiger partial charge >= 0.3 is 11.9 Å². The summed E-state index contributed by atoms with van der Waals surface area (Å²) >= 11 is 5.56. The number of carboxylic acids is 2. The van der Waals surface area contributed by atoms with Crippen LogP contribution in [0.1, 0.15) is 23.2 Å². The maximum Gasteiger partial charge on any atom is 0.326 e. The van der Waals surface area contributed by atoms with Gasteiger partial charge in [0, 0.05) is 6.42 Å². The summed E-state index contributed by atoms with van der Waals surface area (Å²) in [6, 6.07) is -0.00658. The standard InChI is InChI=1S/C10H10ClNO6/c11-8-5(3-4-18-8)9(15)12-6(10(16)17)1-2-7(13)14/h3-4,6H,1-2H2,(H,12,15)(H,13,14)(H,16,17). The van der Waals surface area contributed by atoms with Crippen LogP contribution in [0.15, 0.2) is 16.7 Å². The predicted octanol–water partition coefficient (Wildman–Crippen LogP) is 0.981. The molecule has 0 spiro atoms. The summed E-state index contributed by atoms with van der Waals surface area (Å²) in [4.78, 5) is 32.8. The normalized spacial score (nSPS) is 11.8. The molecule has 0 aliphatic carbocycles. The summed E-state index contributed by atoms with van der Waals surface area (Å²) in [6.07, 6.45) is 0.604. The molecule has 0 fully saturated rings. The van der Waals surface area contributed by atoms with Gasteiger partial charge in [0.1, 0.15) is 6.04 Å². The third-order valence-corrected chi connectivity index (χ3v) is 2.41. The molecule has 1 aromatic rings. The second-order valence-corrected chi connectivity index (χ2v) is 3.75.